The summed E-state index contributed by atoms with van der Waals surface area (Å²) in [6.07, 6.45) is 12.6. The van der Waals surface area contributed by atoms with E-state index >= 15 is 0 Å². The molecule has 1 aliphatic carbocycles. The number of aryl methyl sites for hydroxylation is 2. The van der Waals surface area contributed by atoms with E-state index in [1.165, 1.54) is 28.2 Å². The van der Waals surface area contributed by atoms with Crippen molar-refractivity contribution in [3.05, 3.63) is 95.6 Å². The molecule has 0 aliphatic heterocycles. The zero-order valence-corrected chi connectivity index (χ0v) is 31.1. The number of aliphatic hydroxyl groups is 1. The monoisotopic (exact) mass is 808 g/mol. The second kappa shape index (κ2) is 15.5. The largest absolute Gasteiger partial charge is 0.512 e. The molecule has 6 rings (SSSR count). The third kappa shape index (κ3) is 7.60. The molecule has 47 heavy (non-hydrogen) atoms. The Morgan fingerprint density at radius 3 is 2.34 bits per heavy atom. The molecule has 1 N–H and O–H groups in total. The summed E-state index contributed by atoms with van der Waals surface area (Å²) >= 11 is 0. The minimum Gasteiger partial charge on any atom is -0.512 e. The van der Waals surface area contributed by atoms with Crippen molar-refractivity contribution in [2.24, 2.45) is 11.8 Å². The van der Waals surface area contributed by atoms with Crippen LogP contribution in [0, 0.1) is 17.9 Å². The predicted molar refractivity (Wildman–Crippen MR) is 189 cm³/mol. The molecule has 0 saturated carbocycles. The van der Waals surface area contributed by atoms with Gasteiger partial charge in [-0.2, -0.15) is 0 Å². The molecule has 0 spiro atoms. The maximum absolute atomic E-state index is 11.7. The molecular formula is C41H47IrN2O3-. The van der Waals surface area contributed by atoms with E-state index in [9.17, 15) is 9.90 Å². The summed E-state index contributed by atoms with van der Waals surface area (Å²) in [5, 5.41) is 13.3. The standard InChI is InChI=1S/C28H23N2O.C13H24O2.Ir/c1-28(2,3)24-15-19(14-18-6-4-5-7-20(18)24)25-27-22(11-13-30-25)21-9-8-17-10-12-29-16-23(17)26(21)31-27;1-5-10(6-2)12(14)9-13(15)11(7-3)8-4;/h4-7,10-13,15-16H,8-9H2,1-3H3;9-11,14H,5-8H2,1-4H3;/q-1;;/b;12-9-;. The molecule has 249 valence electrons. The third-order valence-corrected chi connectivity index (χ3v) is 9.43. The van der Waals surface area contributed by atoms with E-state index in [4.69, 9.17) is 9.40 Å². The van der Waals surface area contributed by atoms with E-state index in [0.29, 0.717) is 0 Å². The van der Waals surface area contributed by atoms with Crippen LogP contribution in [0.4, 0.5) is 0 Å². The summed E-state index contributed by atoms with van der Waals surface area (Å²) in [6, 6.07) is 18.5. The number of ketones is 1. The molecule has 5 nitrogen and oxygen atoms in total. The van der Waals surface area contributed by atoms with Crippen LogP contribution in [-0.4, -0.2) is 20.9 Å². The van der Waals surface area contributed by atoms with E-state index < -0.39 is 0 Å². The number of benzene rings is 2. The quantitative estimate of drug-likeness (QED) is 0.0960. The van der Waals surface area contributed by atoms with E-state index in [1.54, 1.807) is 0 Å². The van der Waals surface area contributed by atoms with Gasteiger partial charge < -0.3 is 9.52 Å². The second-order valence-electron chi connectivity index (χ2n) is 13.4. The molecule has 0 atom stereocenters. The zero-order valence-electron chi connectivity index (χ0n) is 28.7. The number of fused-ring (bicyclic) bond motifs is 6. The Balaban J connectivity index is 0.000000269. The number of rotatable bonds is 8. The van der Waals surface area contributed by atoms with Gasteiger partial charge in [-0.3, -0.25) is 14.8 Å². The fraction of sp³-hybridized carbons (Fsp3) is 0.390. The van der Waals surface area contributed by atoms with Crippen molar-refractivity contribution in [2.75, 3.05) is 0 Å². The number of carbonyl (C=O) groups is 1. The maximum atomic E-state index is 11.7. The number of aliphatic hydroxyl groups excluding tert-OH is 1. The van der Waals surface area contributed by atoms with Gasteiger partial charge in [0.1, 0.15) is 11.3 Å². The SMILES string of the molecule is CC(C)(C)c1cc(-c2nccc3c4c(oc23)-c2cnccc2CC4)[c-]c2ccccc12.CCC(CC)C(=O)/C=C(\O)C(CC)CC.[Ir]. The number of allylic oxidation sites excluding steroid dienone is 2. The molecule has 0 saturated heterocycles. The fourth-order valence-electron chi connectivity index (χ4n) is 6.60. The summed E-state index contributed by atoms with van der Waals surface area (Å²) in [6.45, 7) is 14.8. The van der Waals surface area contributed by atoms with Gasteiger partial charge in [0, 0.05) is 78.8 Å². The molecule has 1 radical (unpaired) electrons. The Bertz CT molecular complexity index is 1870. The van der Waals surface area contributed by atoms with Gasteiger partial charge in [-0.1, -0.05) is 77.6 Å². The molecule has 3 heterocycles. The summed E-state index contributed by atoms with van der Waals surface area (Å²) in [5.41, 5.74) is 7.63. The number of carbonyl (C=O) groups excluding carboxylic acids is 1. The van der Waals surface area contributed by atoms with Crippen LogP contribution in [0.3, 0.4) is 0 Å². The molecule has 0 fully saturated rings. The Kier molecular flexibility index (Phi) is 12.0. The first-order chi connectivity index (χ1) is 22.1. The molecule has 1 aliphatic rings. The van der Waals surface area contributed by atoms with Gasteiger partial charge in [0.05, 0.1) is 5.76 Å². The van der Waals surface area contributed by atoms with Crippen molar-refractivity contribution in [3.63, 3.8) is 0 Å². The molecule has 3 aromatic heterocycles. The van der Waals surface area contributed by atoms with E-state index in [1.807, 2.05) is 46.3 Å². The summed E-state index contributed by atoms with van der Waals surface area (Å²) in [5.74, 6) is 1.49. The maximum Gasteiger partial charge on any atom is 0.162 e. The number of furan rings is 1. The van der Waals surface area contributed by atoms with Gasteiger partial charge in [-0.25, -0.2) is 0 Å². The van der Waals surface area contributed by atoms with Crippen molar-refractivity contribution < 1.29 is 34.4 Å². The molecule has 0 amide bonds. The predicted octanol–water partition coefficient (Wildman–Crippen LogP) is 10.8. The summed E-state index contributed by atoms with van der Waals surface area (Å²) in [4.78, 5) is 20.8. The first kappa shape index (κ1) is 36.2. The fourth-order valence-corrected chi connectivity index (χ4v) is 6.60. The van der Waals surface area contributed by atoms with Crippen molar-refractivity contribution in [1.82, 2.24) is 9.97 Å². The van der Waals surface area contributed by atoms with Crippen molar-refractivity contribution in [3.8, 4) is 22.6 Å². The van der Waals surface area contributed by atoms with Crippen LogP contribution < -0.4 is 0 Å². The van der Waals surface area contributed by atoms with Gasteiger partial charge >= 0.3 is 0 Å². The Morgan fingerprint density at radius 2 is 1.66 bits per heavy atom. The Labute approximate surface area is 293 Å². The second-order valence-corrected chi connectivity index (χ2v) is 13.4. The van der Waals surface area contributed by atoms with Crippen LogP contribution in [0.15, 0.2) is 77.3 Å². The summed E-state index contributed by atoms with van der Waals surface area (Å²) in [7, 11) is 0. The Hall–Kier alpha value is -3.60. The average Bonchev–Trinajstić information content (AvgIpc) is 3.45. The van der Waals surface area contributed by atoms with E-state index in [2.05, 4.69) is 74.3 Å². The average molecular weight is 808 g/mol. The zero-order chi connectivity index (χ0) is 33.0. The van der Waals surface area contributed by atoms with Crippen LogP contribution in [0.2, 0.25) is 0 Å². The topological polar surface area (TPSA) is 76.2 Å². The van der Waals surface area contributed by atoms with E-state index in [-0.39, 0.29) is 48.9 Å². The van der Waals surface area contributed by atoms with Crippen molar-refractivity contribution in [1.29, 1.82) is 0 Å². The number of aromatic nitrogens is 2. The smallest absolute Gasteiger partial charge is 0.162 e. The van der Waals surface area contributed by atoms with Gasteiger partial charge in [0.2, 0.25) is 0 Å². The van der Waals surface area contributed by atoms with Crippen molar-refractivity contribution in [2.45, 2.75) is 92.4 Å². The number of pyridine rings is 2. The van der Waals surface area contributed by atoms with Gasteiger partial charge in [0.25, 0.3) is 0 Å². The minimum absolute atomic E-state index is 0. The van der Waals surface area contributed by atoms with Crippen LogP contribution in [0.25, 0.3) is 44.3 Å². The first-order valence-electron chi connectivity index (χ1n) is 16.8. The normalized spacial score (nSPS) is 12.8. The van der Waals surface area contributed by atoms with Crippen LogP contribution in [0.5, 0.6) is 0 Å². The number of hydrogen-bond donors (Lipinski definition) is 1. The molecule has 5 aromatic rings. The molecular weight excluding hydrogens is 761 g/mol. The van der Waals surface area contributed by atoms with Gasteiger partial charge in [0.15, 0.2) is 5.78 Å². The van der Waals surface area contributed by atoms with Gasteiger partial charge in [-0.05, 0) is 61.6 Å². The van der Waals surface area contributed by atoms with Crippen LogP contribution in [0.1, 0.15) is 90.8 Å². The van der Waals surface area contributed by atoms with E-state index in [0.717, 1.165) is 77.5 Å². The number of hydrogen-bond acceptors (Lipinski definition) is 5. The van der Waals surface area contributed by atoms with Crippen LogP contribution >= 0.6 is 0 Å². The number of nitrogens with zero attached hydrogens (tertiary/aromatic N) is 2. The van der Waals surface area contributed by atoms with Crippen molar-refractivity contribution >= 4 is 27.5 Å². The molecule has 6 heteroatoms. The minimum atomic E-state index is 0. The first-order valence-corrected chi connectivity index (χ1v) is 16.8. The summed E-state index contributed by atoms with van der Waals surface area (Å²) < 4.78 is 6.52. The Morgan fingerprint density at radius 1 is 0.957 bits per heavy atom. The molecule has 2 aromatic carbocycles. The van der Waals surface area contributed by atoms with Gasteiger partial charge in [-0.15, -0.1) is 29.1 Å². The molecule has 0 bridgehead atoms. The van der Waals surface area contributed by atoms with Crippen LogP contribution in [-0.2, 0) is 43.2 Å². The third-order valence-electron chi connectivity index (χ3n) is 9.43. The molecule has 0 unspecified atom stereocenters.